The fourth-order valence-electron chi connectivity index (χ4n) is 3.60. The lowest BCUT2D eigenvalue weighted by atomic mass is 10.0. The summed E-state index contributed by atoms with van der Waals surface area (Å²) in [4.78, 5) is 27.9. The average Bonchev–Trinajstić information content (AvgIpc) is 2.86. The number of hydrogen-bond acceptors (Lipinski definition) is 3. The van der Waals surface area contributed by atoms with Crippen molar-refractivity contribution >= 4 is 35.0 Å². The molecule has 1 atom stereocenters. The van der Waals surface area contributed by atoms with E-state index in [0.29, 0.717) is 27.8 Å². The normalized spacial score (nSPS) is 11.5. The first kappa shape index (κ1) is 25.6. The molecule has 0 aliphatic rings. The minimum absolute atomic E-state index is 0.137. The van der Waals surface area contributed by atoms with E-state index in [-0.39, 0.29) is 25.0 Å². The summed E-state index contributed by atoms with van der Waals surface area (Å²) in [5.74, 6) is -0.000665. The Labute approximate surface area is 210 Å². The SMILES string of the molecule is CCc1ccc(OCC(=O)N(Cc2ccc(Cl)cc2Cl)[C@H](Cc2ccccc2)C(=O)NC)cc1. The largest absolute Gasteiger partial charge is 0.484 e. The molecule has 0 saturated heterocycles. The Morgan fingerprint density at radius 1 is 0.971 bits per heavy atom. The van der Waals surface area contributed by atoms with Crippen LogP contribution in [0.2, 0.25) is 10.0 Å². The fraction of sp³-hybridized carbons (Fsp3) is 0.259. The van der Waals surface area contributed by atoms with Gasteiger partial charge in [-0.05, 0) is 47.4 Å². The molecule has 0 bridgehead atoms. The van der Waals surface area contributed by atoms with E-state index in [1.807, 2.05) is 54.6 Å². The van der Waals surface area contributed by atoms with Crippen LogP contribution in [0.25, 0.3) is 0 Å². The van der Waals surface area contributed by atoms with Gasteiger partial charge in [0.25, 0.3) is 5.91 Å². The minimum atomic E-state index is -0.752. The molecule has 0 heterocycles. The second-order valence-corrected chi connectivity index (χ2v) is 8.71. The van der Waals surface area contributed by atoms with Crippen molar-refractivity contribution in [1.82, 2.24) is 10.2 Å². The Kier molecular flexibility index (Phi) is 9.37. The van der Waals surface area contributed by atoms with Crippen LogP contribution in [0.3, 0.4) is 0 Å². The van der Waals surface area contributed by atoms with Gasteiger partial charge in [-0.1, -0.05) is 78.7 Å². The van der Waals surface area contributed by atoms with Crippen LogP contribution in [-0.2, 0) is 29.0 Å². The van der Waals surface area contributed by atoms with E-state index in [1.54, 1.807) is 25.2 Å². The Morgan fingerprint density at radius 3 is 2.29 bits per heavy atom. The lowest BCUT2D eigenvalue weighted by Crippen LogP contribution is -2.51. The number of amides is 2. The Morgan fingerprint density at radius 2 is 1.68 bits per heavy atom. The van der Waals surface area contributed by atoms with E-state index in [2.05, 4.69) is 12.2 Å². The van der Waals surface area contributed by atoms with Crippen molar-refractivity contribution in [2.24, 2.45) is 0 Å². The molecule has 3 aromatic carbocycles. The maximum Gasteiger partial charge on any atom is 0.261 e. The van der Waals surface area contributed by atoms with Crippen LogP contribution in [-0.4, -0.2) is 36.4 Å². The van der Waals surface area contributed by atoms with Crippen molar-refractivity contribution in [3.05, 3.63) is 99.5 Å². The first-order valence-electron chi connectivity index (χ1n) is 11.1. The molecule has 0 aliphatic carbocycles. The van der Waals surface area contributed by atoms with Crippen molar-refractivity contribution in [2.45, 2.75) is 32.4 Å². The summed E-state index contributed by atoms with van der Waals surface area (Å²) < 4.78 is 5.77. The zero-order valence-corrected chi connectivity index (χ0v) is 20.8. The highest BCUT2D eigenvalue weighted by Crippen LogP contribution is 2.24. The van der Waals surface area contributed by atoms with Crippen LogP contribution < -0.4 is 10.1 Å². The molecule has 3 rings (SSSR count). The molecule has 3 aromatic rings. The summed E-state index contributed by atoms with van der Waals surface area (Å²) in [6.07, 6.45) is 1.27. The second kappa shape index (κ2) is 12.4. The molecule has 0 aromatic heterocycles. The van der Waals surface area contributed by atoms with Gasteiger partial charge in [-0.15, -0.1) is 0 Å². The van der Waals surface area contributed by atoms with Gasteiger partial charge in [-0.25, -0.2) is 0 Å². The van der Waals surface area contributed by atoms with Gasteiger partial charge in [0, 0.05) is 30.1 Å². The van der Waals surface area contributed by atoms with Gasteiger partial charge in [0.1, 0.15) is 11.8 Å². The van der Waals surface area contributed by atoms with Crippen molar-refractivity contribution in [3.8, 4) is 5.75 Å². The number of carbonyl (C=O) groups excluding carboxylic acids is 2. The molecule has 0 unspecified atom stereocenters. The Balaban J connectivity index is 1.88. The fourth-order valence-corrected chi connectivity index (χ4v) is 4.07. The van der Waals surface area contributed by atoms with E-state index >= 15 is 0 Å². The van der Waals surface area contributed by atoms with E-state index in [0.717, 1.165) is 12.0 Å². The summed E-state index contributed by atoms with van der Waals surface area (Å²) in [6, 6.07) is 21.5. The molecule has 1 N–H and O–H groups in total. The van der Waals surface area contributed by atoms with Gasteiger partial charge in [0.15, 0.2) is 6.61 Å². The predicted octanol–water partition coefficient (Wildman–Crippen LogP) is 5.32. The number of nitrogens with one attached hydrogen (secondary N) is 1. The molecule has 178 valence electrons. The molecule has 0 fully saturated rings. The van der Waals surface area contributed by atoms with Crippen molar-refractivity contribution in [2.75, 3.05) is 13.7 Å². The number of nitrogens with zero attached hydrogens (tertiary/aromatic N) is 1. The van der Waals surface area contributed by atoms with Gasteiger partial charge >= 0.3 is 0 Å². The van der Waals surface area contributed by atoms with E-state index in [4.69, 9.17) is 27.9 Å². The third-order valence-electron chi connectivity index (χ3n) is 5.57. The maximum absolute atomic E-state index is 13.4. The minimum Gasteiger partial charge on any atom is -0.484 e. The van der Waals surface area contributed by atoms with Crippen LogP contribution in [0.4, 0.5) is 0 Å². The van der Waals surface area contributed by atoms with E-state index in [1.165, 1.54) is 10.5 Å². The van der Waals surface area contributed by atoms with Crippen LogP contribution in [0, 0.1) is 0 Å². The number of hydrogen-bond donors (Lipinski definition) is 1. The van der Waals surface area contributed by atoms with Crippen LogP contribution in [0.1, 0.15) is 23.6 Å². The summed E-state index contributed by atoms with van der Waals surface area (Å²) in [6.45, 7) is 2.00. The molecule has 0 spiro atoms. The molecule has 0 radical (unpaired) electrons. The molecular weight excluding hydrogens is 471 g/mol. The second-order valence-electron chi connectivity index (χ2n) is 7.86. The predicted molar refractivity (Wildman–Crippen MR) is 136 cm³/mol. The van der Waals surface area contributed by atoms with Crippen LogP contribution in [0.15, 0.2) is 72.8 Å². The number of aryl methyl sites for hydroxylation is 1. The third kappa shape index (κ3) is 6.99. The molecular formula is C27H28Cl2N2O3. The summed E-state index contributed by atoms with van der Waals surface area (Å²) in [5.41, 5.74) is 2.81. The quantitative estimate of drug-likeness (QED) is 0.411. The van der Waals surface area contributed by atoms with Gasteiger partial charge in [-0.3, -0.25) is 9.59 Å². The molecule has 5 nitrogen and oxygen atoms in total. The van der Waals surface area contributed by atoms with Crippen LogP contribution in [0.5, 0.6) is 5.75 Å². The van der Waals surface area contributed by atoms with E-state index in [9.17, 15) is 9.59 Å². The highest BCUT2D eigenvalue weighted by atomic mass is 35.5. The molecule has 0 aliphatic heterocycles. The highest BCUT2D eigenvalue weighted by molar-refractivity contribution is 6.35. The van der Waals surface area contributed by atoms with Gasteiger partial charge < -0.3 is 15.0 Å². The molecule has 0 saturated carbocycles. The molecule has 2 amide bonds. The number of rotatable bonds is 10. The lowest BCUT2D eigenvalue weighted by molar-refractivity contribution is -0.142. The summed E-state index contributed by atoms with van der Waals surface area (Å²) in [7, 11) is 1.56. The van der Waals surface area contributed by atoms with Crippen molar-refractivity contribution in [1.29, 1.82) is 0 Å². The number of likely N-dealkylation sites (N-methyl/N-ethyl adjacent to an activating group) is 1. The standard InChI is InChI=1S/C27H28Cl2N2O3/c1-3-19-9-13-23(14-10-19)34-18-26(32)31(17-21-11-12-22(28)16-24(21)29)25(27(33)30-2)15-20-7-5-4-6-8-20/h4-14,16,25H,3,15,17-18H2,1-2H3,(H,30,33)/t25-/m1/s1. The van der Waals surface area contributed by atoms with Gasteiger partial charge in [0.05, 0.1) is 0 Å². The molecule has 34 heavy (non-hydrogen) atoms. The number of benzene rings is 3. The first-order chi connectivity index (χ1) is 16.4. The Hall–Kier alpha value is -3.02. The zero-order valence-electron chi connectivity index (χ0n) is 19.3. The van der Waals surface area contributed by atoms with E-state index < -0.39 is 6.04 Å². The summed E-state index contributed by atoms with van der Waals surface area (Å²) in [5, 5.41) is 3.61. The maximum atomic E-state index is 13.4. The molecule has 7 heteroatoms. The topological polar surface area (TPSA) is 58.6 Å². The number of halogens is 2. The highest BCUT2D eigenvalue weighted by Gasteiger charge is 2.30. The average molecular weight is 499 g/mol. The van der Waals surface area contributed by atoms with Crippen molar-refractivity contribution in [3.63, 3.8) is 0 Å². The number of carbonyl (C=O) groups is 2. The van der Waals surface area contributed by atoms with Gasteiger partial charge in [-0.2, -0.15) is 0 Å². The lowest BCUT2D eigenvalue weighted by Gasteiger charge is -2.31. The smallest absolute Gasteiger partial charge is 0.261 e. The van der Waals surface area contributed by atoms with Gasteiger partial charge in [0.2, 0.25) is 5.91 Å². The third-order valence-corrected chi connectivity index (χ3v) is 6.15. The monoisotopic (exact) mass is 498 g/mol. The first-order valence-corrected chi connectivity index (χ1v) is 11.9. The zero-order chi connectivity index (χ0) is 24.5. The van der Waals surface area contributed by atoms with Crippen LogP contribution >= 0.6 is 23.2 Å². The Bertz CT molecular complexity index is 1100. The summed E-state index contributed by atoms with van der Waals surface area (Å²) >= 11 is 12.5. The number of ether oxygens (including phenoxy) is 1. The van der Waals surface area contributed by atoms with Crippen molar-refractivity contribution < 1.29 is 14.3 Å².